The lowest BCUT2D eigenvalue weighted by molar-refractivity contribution is 0.0844. The molecular weight excluding hydrogens is 292 g/mol. The van der Waals surface area contributed by atoms with E-state index in [0.717, 1.165) is 11.1 Å². The van der Waals surface area contributed by atoms with Gasteiger partial charge in [0.05, 0.1) is 11.1 Å². The van der Waals surface area contributed by atoms with Crippen molar-refractivity contribution in [2.45, 2.75) is 6.92 Å². The quantitative estimate of drug-likeness (QED) is 0.709. The number of pyridine rings is 2. The highest BCUT2D eigenvalue weighted by atomic mass is 16.2. The molecule has 0 aliphatic carbocycles. The van der Waals surface area contributed by atoms with Crippen LogP contribution in [-0.4, -0.2) is 21.8 Å². The fourth-order valence-corrected chi connectivity index (χ4v) is 2.04. The zero-order valence-corrected chi connectivity index (χ0v) is 12.4. The highest BCUT2D eigenvalue weighted by molar-refractivity contribution is 5.99. The van der Waals surface area contributed by atoms with Crippen molar-refractivity contribution in [2.75, 3.05) is 0 Å². The summed E-state index contributed by atoms with van der Waals surface area (Å²) in [5.74, 6) is -0.921. The maximum absolute atomic E-state index is 12.1. The Morgan fingerprint density at radius 3 is 2.48 bits per heavy atom. The second kappa shape index (κ2) is 6.23. The van der Waals surface area contributed by atoms with Gasteiger partial charge in [0, 0.05) is 17.3 Å². The lowest BCUT2D eigenvalue weighted by Crippen LogP contribution is -2.42. The molecule has 0 spiro atoms. The lowest BCUT2D eigenvalue weighted by atomic mass is 10.2. The minimum Gasteiger partial charge on any atom is -0.267 e. The predicted molar refractivity (Wildman–Crippen MR) is 85.6 cm³/mol. The van der Waals surface area contributed by atoms with Crippen molar-refractivity contribution in [3.63, 3.8) is 0 Å². The Labute approximate surface area is 132 Å². The van der Waals surface area contributed by atoms with Gasteiger partial charge < -0.3 is 0 Å². The van der Waals surface area contributed by atoms with Crippen molar-refractivity contribution < 1.29 is 9.59 Å². The van der Waals surface area contributed by atoms with Crippen LogP contribution in [0.3, 0.4) is 0 Å². The molecule has 2 amide bonds. The van der Waals surface area contributed by atoms with Crippen molar-refractivity contribution >= 4 is 22.7 Å². The Kier molecular flexibility index (Phi) is 3.97. The first kappa shape index (κ1) is 14.6. The van der Waals surface area contributed by atoms with E-state index in [0.29, 0.717) is 11.1 Å². The van der Waals surface area contributed by atoms with E-state index in [1.807, 2.05) is 37.3 Å². The zero-order valence-electron chi connectivity index (χ0n) is 12.4. The van der Waals surface area contributed by atoms with Crippen LogP contribution in [0.1, 0.15) is 26.5 Å². The number of rotatable bonds is 2. The van der Waals surface area contributed by atoms with Crippen molar-refractivity contribution in [3.8, 4) is 0 Å². The van der Waals surface area contributed by atoms with E-state index >= 15 is 0 Å². The Balaban J connectivity index is 1.68. The van der Waals surface area contributed by atoms with E-state index < -0.39 is 11.8 Å². The summed E-state index contributed by atoms with van der Waals surface area (Å²) in [6.45, 7) is 1.83. The van der Waals surface area contributed by atoms with E-state index in [4.69, 9.17) is 0 Å². The van der Waals surface area contributed by atoms with E-state index in [2.05, 4.69) is 20.8 Å². The second-order valence-corrected chi connectivity index (χ2v) is 4.99. The van der Waals surface area contributed by atoms with Crippen molar-refractivity contribution in [2.24, 2.45) is 0 Å². The Bertz CT molecular complexity index is 875. The third kappa shape index (κ3) is 3.32. The van der Waals surface area contributed by atoms with Crippen LogP contribution in [0.15, 0.2) is 54.7 Å². The number of hydrogen-bond donors (Lipinski definition) is 2. The summed E-state index contributed by atoms with van der Waals surface area (Å²) in [5, 5.41) is 0.943. The molecule has 0 atom stereocenters. The number of nitrogens with one attached hydrogen (secondary N) is 2. The van der Waals surface area contributed by atoms with Crippen LogP contribution in [0, 0.1) is 6.92 Å². The fraction of sp³-hybridized carbons (Fsp3) is 0.0588. The van der Waals surface area contributed by atoms with Gasteiger partial charge in [-0.2, -0.15) is 0 Å². The first-order chi connectivity index (χ1) is 11.1. The molecule has 0 bridgehead atoms. The average Bonchev–Trinajstić information content (AvgIpc) is 2.59. The highest BCUT2D eigenvalue weighted by Gasteiger charge is 2.11. The first-order valence-electron chi connectivity index (χ1n) is 7.02. The second-order valence-electron chi connectivity index (χ2n) is 4.99. The number of benzene rings is 1. The molecular formula is C17H14N4O2. The molecule has 114 valence electrons. The number of amides is 2. The maximum atomic E-state index is 12.1. The molecule has 2 N–H and O–H groups in total. The van der Waals surface area contributed by atoms with Crippen LogP contribution in [0.5, 0.6) is 0 Å². The maximum Gasteiger partial charge on any atom is 0.288 e. The largest absolute Gasteiger partial charge is 0.288 e. The van der Waals surface area contributed by atoms with Crippen LogP contribution in [0.2, 0.25) is 0 Å². The van der Waals surface area contributed by atoms with Crippen LogP contribution in [0.4, 0.5) is 0 Å². The predicted octanol–water partition coefficient (Wildman–Crippen LogP) is 2.01. The van der Waals surface area contributed by atoms with Crippen LogP contribution < -0.4 is 10.9 Å². The minimum atomic E-state index is -0.482. The molecule has 0 unspecified atom stereocenters. The number of fused-ring (bicyclic) bond motifs is 1. The molecule has 2 heterocycles. The molecule has 3 aromatic rings. The van der Waals surface area contributed by atoms with Gasteiger partial charge in [0.15, 0.2) is 0 Å². The molecule has 0 aliphatic rings. The van der Waals surface area contributed by atoms with Gasteiger partial charge >= 0.3 is 0 Å². The SMILES string of the molecule is Cc1ccc(C(=O)NNC(=O)c2ccc3ccccc3n2)cn1. The standard InChI is InChI=1S/C17H14N4O2/c1-11-6-7-13(10-18-11)16(22)20-21-17(23)15-9-8-12-4-2-3-5-14(12)19-15/h2-10H,1H3,(H,20,22)(H,21,23). The van der Waals surface area contributed by atoms with Crippen molar-refractivity contribution in [1.29, 1.82) is 0 Å². The summed E-state index contributed by atoms with van der Waals surface area (Å²) >= 11 is 0. The van der Waals surface area contributed by atoms with E-state index in [9.17, 15) is 9.59 Å². The van der Waals surface area contributed by atoms with Gasteiger partial charge in [0.25, 0.3) is 11.8 Å². The first-order valence-corrected chi connectivity index (χ1v) is 7.02. The molecule has 1 aromatic carbocycles. The molecule has 0 aliphatic heterocycles. The topological polar surface area (TPSA) is 84.0 Å². The van der Waals surface area contributed by atoms with Gasteiger partial charge in [-0.15, -0.1) is 0 Å². The molecule has 6 nitrogen and oxygen atoms in total. The Hall–Kier alpha value is -3.28. The lowest BCUT2D eigenvalue weighted by Gasteiger charge is -2.07. The molecule has 0 radical (unpaired) electrons. The number of nitrogens with zero attached hydrogens (tertiary/aromatic N) is 2. The van der Waals surface area contributed by atoms with Gasteiger partial charge in [-0.05, 0) is 31.2 Å². The number of carbonyl (C=O) groups excluding carboxylic acids is 2. The Morgan fingerprint density at radius 2 is 1.70 bits per heavy atom. The van der Waals surface area contributed by atoms with E-state index in [1.165, 1.54) is 6.20 Å². The number of aromatic nitrogens is 2. The van der Waals surface area contributed by atoms with Crippen molar-refractivity contribution in [1.82, 2.24) is 20.8 Å². The Morgan fingerprint density at radius 1 is 0.913 bits per heavy atom. The van der Waals surface area contributed by atoms with Gasteiger partial charge in [-0.25, -0.2) is 4.98 Å². The van der Waals surface area contributed by atoms with Crippen LogP contribution in [0.25, 0.3) is 10.9 Å². The molecule has 0 fully saturated rings. The number of para-hydroxylation sites is 1. The normalized spacial score (nSPS) is 10.3. The van der Waals surface area contributed by atoms with Gasteiger partial charge in [0.2, 0.25) is 0 Å². The summed E-state index contributed by atoms with van der Waals surface area (Å²) in [6.07, 6.45) is 1.45. The summed E-state index contributed by atoms with van der Waals surface area (Å²) in [7, 11) is 0. The summed E-state index contributed by atoms with van der Waals surface area (Å²) in [6, 6.07) is 14.3. The molecule has 2 aromatic heterocycles. The molecule has 6 heteroatoms. The molecule has 0 saturated heterocycles. The fourth-order valence-electron chi connectivity index (χ4n) is 2.04. The number of hydrazine groups is 1. The average molecular weight is 306 g/mol. The number of aryl methyl sites for hydroxylation is 1. The summed E-state index contributed by atoms with van der Waals surface area (Å²) in [5.41, 5.74) is 6.81. The van der Waals surface area contributed by atoms with E-state index in [1.54, 1.807) is 18.2 Å². The van der Waals surface area contributed by atoms with Gasteiger partial charge in [-0.3, -0.25) is 25.4 Å². The number of hydrogen-bond acceptors (Lipinski definition) is 4. The third-order valence-electron chi connectivity index (χ3n) is 3.29. The number of carbonyl (C=O) groups is 2. The summed E-state index contributed by atoms with van der Waals surface area (Å²) < 4.78 is 0. The monoisotopic (exact) mass is 306 g/mol. The van der Waals surface area contributed by atoms with Crippen LogP contribution in [-0.2, 0) is 0 Å². The van der Waals surface area contributed by atoms with Crippen molar-refractivity contribution in [3.05, 3.63) is 71.7 Å². The third-order valence-corrected chi connectivity index (χ3v) is 3.29. The smallest absolute Gasteiger partial charge is 0.267 e. The van der Waals surface area contributed by atoms with E-state index in [-0.39, 0.29) is 5.69 Å². The molecule has 3 rings (SSSR count). The summed E-state index contributed by atoms with van der Waals surface area (Å²) in [4.78, 5) is 32.3. The van der Waals surface area contributed by atoms with Gasteiger partial charge in [-0.1, -0.05) is 24.3 Å². The van der Waals surface area contributed by atoms with Gasteiger partial charge in [0.1, 0.15) is 5.69 Å². The van der Waals surface area contributed by atoms with Crippen LogP contribution >= 0.6 is 0 Å². The highest BCUT2D eigenvalue weighted by Crippen LogP contribution is 2.11. The molecule has 0 saturated carbocycles. The zero-order chi connectivity index (χ0) is 16.2. The molecule has 23 heavy (non-hydrogen) atoms. The minimum absolute atomic E-state index is 0.228.